The van der Waals surface area contributed by atoms with Gasteiger partial charge in [-0.15, -0.1) is 0 Å². The molecule has 0 atom stereocenters. The van der Waals surface area contributed by atoms with Gasteiger partial charge in [0.1, 0.15) is 0 Å². The summed E-state index contributed by atoms with van der Waals surface area (Å²) in [5.41, 5.74) is 0.165. The molecule has 1 heterocycles. The van der Waals surface area contributed by atoms with Crippen LogP contribution in [0.4, 0.5) is 0 Å². The zero-order chi connectivity index (χ0) is 9.62. The van der Waals surface area contributed by atoms with Gasteiger partial charge >= 0.3 is 29.6 Å². The molecule has 0 N–H and O–H groups in total. The van der Waals surface area contributed by atoms with Crippen LogP contribution in [0.3, 0.4) is 0 Å². The second-order valence-electron chi connectivity index (χ2n) is 5.76. The molecule has 0 aromatic carbocycles. The minimum Gasteiger partial charge on any atom is -1.00 e. The summed E-state index contributed by atoms with van der Waals surface area (Å²) in [5.74, 6) is 0. The van der Waals surface area contributed by atoms with Gasteiger partial charge in [-0.25, -0.2) is 0 Å². The number of rotatable bonds is 0. The van der Waals surface area contributed by atoms with E-state index in [-0.39, 0.29) is 36.6 Å². The monoisotopic (exact) mass is 226 g/mol. The van der Waals surface area contributed by atoms with Crippen LogP contribution in [0.1, 0.15) is 21.7 Å². The first-order valence-electron chi connectivity index (χ1n) is 4.87. The zero-order valence-electron chi connectivity index (χ0n) is 11.3. The normalized spacial score (nSPS) is 29.1. The van der Waals surface area contributed by atoms with E-state index < -0.39 is 15.4 Å². The molecule has 0 bridgehead atoms. The molecule has 13 heavy (non-hydrogen) atoms. The molecule has 1 aliphatic rings. The van der Waals surface area contributed by atoms with Gasteiger partial charge < -0.3 is 5.85 Å². The fourth-order valence-corrected chi connectivity index (χ4v) is 9.22. The third-order valence-corrected chi connectivity index (χ3v) is 20.2. The van der Waals surface area contributed by atoms with Crippen LogP contribution in [0.25, 0.3) is 0 Å². The van der Waals surface area contributed by atoms with Gasteiger partial charge in [0.15, 0.2) is 7.83 Å². The van der Waals surface area contributed by atoms with Crippen molar-refractivity contribution in [2.24, 2.45) is 0 Å². The summed E-state index contributed by atoms with van der Waals surface area (Å²) in [5, 5.41) is 0. The Hall–Kier alpha value is 1.39. The largest absolute Gasteiger partial charge is 1.00 e. The molecule has 1 fully saturated rings. The first-order chi connectivity index (χ1) is 5.16. The van der Waals surface area contributed by atoms with Gasteiger partial charge in [0.05, 0.1) is 13.2 Å². The van der Waals surface area contributed by atoms with Crippen molar-refractivity contribution >= 4 is 15.4 Å². The molecule has 74 valence electrons. The van der Waals surface area contributed by atoms with E-state index in [0.717, 1.165) is 0 Å². The van der Waals surface area contributed by atoms with E-state index in [1.54, 1.807) is 0 Å². The summed E-state index contributed by atoms with van der Waals surface area (Å²) < 4.78 is 6.28. The maximum absolute atomic E-state index is 6.28. The maximum atomic E-state index is 6.28. The molecule has 0 spiro atoms. The minimum atomic E-state index is -1.31. The Morgan fingerprint density at radius 3 is 1.92 bits per heavy atom. The second kappa shape index (κ2) is 4.10. The van der Waals surface area contributed by atoms with Crippen molar-refractivity contribution in [1.29, 1.82) is 0 Å². The predicted octanol–water partition coefficient (Wildman–Crippen LogP) is 0.294. The van der Waals surface area contributed by atoms with Gasteiger partial charge in [0, 0.05) is 0 Å². The van der Waals surface area contributed by atoms with Gasteiger partial charge in [-0.05, 0) is 33.4 Å². The molecule has 1 nitrogen and oxygen atoms in total. The van der Waals surface area contributed by atoms with Crippen LogP contribution in [0, 0.1) is 0 Å². The average Bonchev–Trinajstić information content (AvgIpc) is 1.79. The van der Waals surface area contributed by atoms with E-state index in [9.17, 15) is 0 Å². The van der Waals surface area contributed by atoms with Gasteiger partial charge in [0.25, 0.3) is 0 Å². The van der Waals surface area contributed by atoms with Crippen molar-refractivity contribution in [1.82, 2.24) is 0 Å². The summed E-state index contributed by atoms with van der Waals surface area (Å²) in [6.45, 7) is 14.3. The third-order valence-electron chi connectivity index (χ3n) is 3.51. The number of hydrogen-bond acceptors (Lipinski definition) is 1. The van der Waals surface area contributed by atoms with Crippen molar-refractivity contribution in [2.75, 3.05) is 0 Å². The summed E-state index contributed by atoms with van der Waals surface area (Å²) in [4.78, 5) is 0. The molecule has 1 aliphatic heterocycles. The van der Waals surface area contributed by atoms with Crippen LogP contribution in [-0.4, -0.2) is 21.0 Å². The molecule has 4 heteroatoms. The summed E-state index contributed by atoms with van der Waals surface area (Å²) in [6, 6.07) is 1.46. The molecule has 0 aromatic rings. The van der Waals surface area contributed by atoms with Crippen LogP contribution in [-0.2, 0) is 4.43 Å². The predicted molar refractivity (Wildman–Crippen MR) is 60.7 cm³/mol. The minimum absolute atomic E-state index is 0. The van der Waals surface area contributed by atoms with E-state index in [1.807, 2.05) is 0 Å². The van der Waals surface area contributed by atoms with E-state index in [2.05, 4.69) is 40.0 Å². The van der Waals surface area contributed by atoms with E-state index in [4.69, 9.17) is 4.43 Å². The van der Waals surface area contributed by atoms with Gasteiger partial charge in [-0.2, -0.15) is 0 Å². The molecule has 0 aliphatic carbocycles. The Kier molecular flexibility index (Phi) is 4.54. The molecule has 1 rings (SSSR count). The van der Waals surface area contributed by atoms with Gasteiger partial charge in [0.2, 0.25) is 0 Å². The summed E-state index contributed by atoms with van der Waals surface area (Å²) in [7, 11) is -2.30. The Morgan fingerprint density at radius 1 is 1.15 bits per heavy atom. The van der Waals surface area contributed by atoms with E-state index in [0.29, 0.717) is 0 Å². The first-order valence-corrected chi connectivity index (χ1v) is 12.0. The standard InChI is InChI=1S/C9H22OSi2.Na.H/c1-9(2)7-8-11(3,4)12(5,6)10-9;;/h7-8H2,1-6H3;;/q;+1;-1. The molecular weight excluding hydrogens is 203 g/mol. The zero-order valence-corrected chi connectivity index (χ0v) is 14.3. The number of hydrogen-bond donors (Lipinski definition) is 0. The van der Waals surface area contributed by atoms with Crippen molar-refractivity contribution in [2.45, 2.75) is 58.1 Å². The molecule has 0 unspecified atom stereocenters. The van der Waals surface area contributed by atoms with Crippen molar-refractivity contribution in [3.63, 3.8) is 0 Å². The third kappa shape index (κ3) is 3.18. The maximum Gasteiger partial charge on any atom is 1.00 e. The quantitative estimate of drug-likeness (QED) is 0.540. The Balaban J connectivity index is 0. The van der Waals surface area contributed by atoms with Crippen LogP contribution in [0.15, 0.2) is 0 Å². The van der Waals surface area contributed by atoms with Crippen molar-refractivity contribution < 1.29 is 35.4 Å². The second-order valence-corrected chi connectivity index (χ2v) is 20.9. The Labute approximate surface area is 108 Å². The topological polar surface area (TPSA) is 9.23 Å². The van der Waals surface area contributed by atoms with Crippen molar-refractivity contribution in [3.05, 3.63) is 0 Å². The Bertz CT molecular complexity index is 195. The van der Waals surface area contributed by atoms with Crippen molar-refractivity contribution in [3.8, 4) is 0 Å². The molecular formula is C9H23NaOSi2. The smallest absolute Gasteiger partial charge is 1.00 e. The van der Waals surface area contributed by atoms with Crippen LogP contribution >= 0.6 is 0 Å². The fourth-order valence-electron chi connectivity index (χ4n) is 1.79. The SMILES string of the molecule is CC1(C)CC[Si](C)(C)[Si](C)(C)O1.[H-].[Na+]. The molecule has 0 radical (unpaired) electrons. The van der Waals surface area contributed by atoms with Gasteiger partial charge in [-0.3, -0.25) is 0 Å². The van der Waals surface area contributed by atoms with Crippen LogP contribution < -0.4 is 29.6 Å². The summed E-state index contributed by atoms with van der Waals surface area (Å²) >= 11 is 0. The Morgan fingerprint density at radius 2 is 1.62 bits per heavy atom. The molecule has 0 aromatic heterocycles. The van der Waals surface area contributed by atoms with Crippen LogP contribution in [0.5, 0.6) is 0 Å². The molecule has 1 saturated heterocycles. The van der Waals surface area contributed by atoms with E-state index >= 15 is 0 Å². The average molecular weight is 226 g/mol. The fraction of sp³-hybridized carbons (Fsp3) is 1.00. The van der Waals surface area contributed by atoms with Crippen LogP contribution in [0.2, 0.25) is 32.2 Å². The van der Waals surface area contributed by atoms with E-state index in [1.165, 1.54) is 12.5 Å². The molecule has 0 amide bonds. The summed E-state index contributed by atoms with van der Waals surface area (Å²) in [6.07, 6.45) is 1.27. The molecule has 0 saturated carbocycles. The van der Waals surface area contributed by atoms with Gasteiger partial charge in [-0.1, -0.05) is 19.1 Å². The first kappa shape index (κ1) is 14.4.